The number of sulfonamides is 1. The van der Waals surface area contributed by atoms with Gasteiger partial charge in [0.05, 0.1) is 24.7 Å². The third-order valence-electron chi connectivity index (χ3n) is 4.58. The van der Waals surface area contributed by atoms with Crippen molar-refractivity contribution in [3.8, 4) is 0 Å². The molecular formula is C19H18ClN3O5S. The molecule has 1 aliphatic rings. The van der Waals surface area contributed by atoms with E-state index in [1.807, 2.05) is 18.2 Å². The minimum absolute atomic E-state index is 0.00874. The maximum Gasteiger partial charge on any atom is 0.244 e. The molecule has 0 bridgehead atoms. The van der Waals surface area contributed by atoms with E-state index in [2.05, 4.69) is 10.5 Å². The van der Waals surface area contributed by atoms with Gasteiger partial charge in [-0.3, -0.25) is 4.79 Å². The molecule has 1 aromatic heterocycles. The van der Waals surface area contributed by atoms with Crippen molar-refractivity contribution in [1.29, 1.82) is 0 Å². The van der Waals surface area contributed by atoms with Crippen molar-refractivity contribution in [1.82, 2.24) is 9.46 Å². The van der Waals surface area contributed by atoms with Crippen LogP contribution in [-0.2, 0) is 26.0 Å². The third-order valence-corrected chi connectivity index (χ3v) is 6.96. The normalized spacial score (nSPS) is 15.5. The number of benzene rings is 2. The lowest BCUT2D eigenvalue weighted by Crippen LogP contribution is -2.40. The van der Waals surface area contributed by atoms with Crippen LogP contribution in [0.25, 0.3) is 11.0 Å². The van der Waals surface area contributed by atoms with Gasteiger partial charge in [-0.25, -0.2) is 8.42 Å². The fourth-order valence-corrected chi connectivity index (χ4v) is 5.04. The number of para-hydroxylation sites is 1. The Morgan fingerprint density at radius 2 is 1.93 bits per heavy atom. The highest BCUT2D eigenvalue weighted by molar-refractivity contribution is 7.89. The largest absolute Gasteiger partial charge is 0.379 e. The van der Waals surface area contributed by atoms with Gasteiger partial charge in [-0.2, -0.15) is 4.31 Å². The van der Waals surface area contributed by atoms with Gasteiger partial charge in [-0.1, -0.05) is 28.9 Å². The zero-order valence-electron chi connectivity index (χ0n) is 15.3. The van der Waals surface area contributed by atoms with Gasteiger partial charge >= 0.3 is 0 Å². The topological polar surface area (TPSA) is 102 Å². The fraction of sp³-hybridized carbons (Fsp3) is 0.263. The molecule has 1 N–H and O–H groups in total. The van der Waals surface area contributed by atoms with E-state index in [1.165, 1.54) is 16.4 Å². The molecule has 1 saturated heterocycles. The number of amides is 1. The van der Waals surface area contributed by atoms with Crippen LogP contribution in [0.2, 0.25) is 5.02 Å². The van der Waals surface area contributed by atoms with Gasteiger partial charge in [-0.15, -0.1) is 0 Å². The van der Waals surface area contributed by atoms with Crippen molar-refractivity contribution in [2.45, 2.75) is 11.3 Å². The van der Waals surface area contributed by atoms with Gasteiger partial charge in [0.15, 0.2) is 5.58 Å². The van der Waals surface area contributed by atoms with Crippen LogP contribution in [0.3, 0.4) is 0 Å². The molecule has 1 fully saturated rings. The number of anilines is 1. The molecule has 4 rings (SSSR count). The number of carbonyl (C=O) groups excluding carboxylic acids is 1. The highest BCUT2D eigenvalue weighted by atomic mass is 35.5. The Balaban J connectivity index is 1.53. The summed E-state index contributed by atoms with van der Waals surface area (Å²) in [5.41, 5.74) is 1.44. The van der Waals surface area contributed by atoms with Crippen LogP contribution in [0.15, 0.2) is 51.9 Å². The van der Waals surface area contributed by atoms with Gasteiger partial charge in [0, 0.05) is 24.2 Å². The first-order chi connectivity index (χ1) is 13.9. The van der Waals surface area contributed by atoms with Crippen LogP contribution in [0.5, 0.6) is 0 Å². The number of rotatable bonds is 5. The fourth-order valence-electron chi connectivity index (χ4n) is 3.13. The summed E-state index contributed by atoms with van der Waals surface area (Å²) in [6.45, 7) is 1.18. The monoisotopic (exact) mass is 435 g/mol. The highest BCUT2D eigenvalue weighted by Gasteiger charge is 2.28. The summed E-state index contributed by atoms with van der Waals surface area (Å²) in [4.78, 5) is 12.4. The van der Waals surface area contributed by atoms with Crippen LogP contribution in [0.4, 0.5) is 5.69 Å². The summed E-state index contributed by atoms with van der Waals surface area (Å²) < 4.78 is 37.5. The number of aromatic nitrogens is 1. The summed E-state index contributed by atoms with van der Waals surface area (Å²) >= 11 is 6.14. The number of morpholine rings is 1. The Labute approximate surface area is 172 Å². The summed E-state index contributed by atoms with van der Waals surface area (Å²) in [6.07, 6.45) is -0.00874. The Hall–Kier alpha value is -2.46. The smallest absolute Gasteiger partial charge is 0.244 e. The SMILES string of the molecule is O=C(Cc1noc2ccccc12)Nc1ccc(Cl)c(S(=O)(=O)N2CCOCC2)c1. The second kappa shape index (κ2) is 8.11. The average molecular weight is 436 g/mol. The van der Waals surface area contributed by atoms with Gasteiger partial charge in [-0.05, 0) is 30.3 Å². The van der Waals surface area contributed by atoms with Crippen LogP contribution in [0, 0.1) is 0 Å². The van der Waals surface area contributed by atoms with Crippen molar-refractivity contribution in [3.63, 3.8) is 0 Å². The van der Waals surface area contributed by atoms with Crippen LogP contribution in [-0.4, -0.2) is 50.1 Å². The number of nitrogens with one attached hydrogen (secondary N) is 1. The lowest BCUT2D eigenvalue weighted by Gasteiger charge is -2.26. The molecular weight excluding hydrogens is 418 g/mol. The zero-order chi connectivity index (χ0) is 20.4. The highest BCUT2D eigenvalue weighted by Crippen LogP contribution is 2.28. The Morgan fingerprint density at radius 3 is 2.72 bits per heavy atom. The summed E-state index contributed by atoms with van der Waals surface area (Å²) in [5.74, 6) is -0.346. The van der Waals surface area contributed by atoms with Gasteiger partial charge in [0.1, 0.15) is 10.6 Å². The minimum Gasteiger partial charge on any atom is -0.379 e. The molecule has 0 aliphatic carbocycles. The number of fused-ring (bicyclic) bond motifs is 1. The minimum atomic E-state index is -3.79. The van der Waals surface area contributed by atoms with E-state index in [9.17, 15) is 13.2 Å². The summed E-state index contributed by atoms with van der Waals surface area (Å²) in [6, 6.07) is 11.6. The number of hydrogen-bond donors (Lipinski definition) is 1. The molecule has 152 valence electrons. The van der Waals surface area contributed by atoms with E-state index in [0.29, 0.717) is 30.2 Å². The van der Waals surface area contributed by atoms with Gasteiger partial charge in [0.2, 0.25) is 15.9 Å². The lowest BCUT2D eigenvalue weighted by molar-refractivity contribution is -0.115. The first-order valence-electron chi connectivity index (χ1n) is 8.96. The van der Waals surface area contributed by atoms with Crippen molar-refractivity contribution in [3.05, 3.63) is 53.2 Å². The Morgan fingerprint density at radius 1 is 1.17 bits per heavy atom. The first kappa shape index (κ1) is 19.8. The maximum atomic E-state index is 12.9. The third kappa shape index (κ3) is 4.13. The average Bonchev–Trinajstić information content (AvgIpc) is 3.13. The lowest BCUT2D eigenvalue weighted by atomic mass is 10.1. The molecule has 0 saturated carbocycles. The molecule has 0 spiro atoms. The molecule has 3 aromatic rings. The zero-order valence-corrected chi connectivity index (χ0v) is 16.9. The van der Waals surface area contributed by atoms with Crippen LogP contribution < -0.4 is 5.32 Å². The Kier molecular flexibility index (Phi) is 5.55. The van der Waals surface area contributed by atoms with Gasteiger partial charge in [0.25, 0.3) is 0 Å². The predicted octanol–water partition coefficient (Wildman–Crippen LogP) is 2.68. The maximum absolute atomic E-state index is 12.9. The van der Waals surface area contributed by atoms with E-state index < -0.39 is 10.0 Å². The number of halogens is 1. The van der Waals surface area contributed by atoms with E-state index in [1.54, 1.807) is 12.1 Å². The van der Waals surface area contributed by atoms with Crippen LogP contribution in [0.1, 0.15) is 5.69 Å². The Bertz CT molecular complexity index is 1160. The van der Waals surface area contributed by atoms with E-state index in [4.69, 9.17) is 20.9 Å². The second-order valence-corrected chi connectivity index (χ2v) is 8.83. The quantitative estimate of drug-likeness (QED) is 0.661. The van der Waals surface area contributed by atoms with Gasteiger partial charge < -0.3 is 14.6 Å². The molecule has 0 unspecified atom stereocenters. The van der Waals surface area contributed by atoms with Crippen molar-refractivity contribution in [2.24, 2.45) is 0 Å². The van der Waals surface area contributed by atoms with Crippen molar-refractivity contribution in [2.75, 3.05) is 31.6 Å². The number of carbonyl (C=O) groups is 1. The predicted molar refractivity (Wildman–Crippen MR) is 107 cm³/mol. The molecule has 1 amide bonds. The molecule has 2 heterocycles. The van der Waals surface area contributed by atoms with E-state index in [-0.39, 0.29) is 35.3 Å². The summed E-state index contributed by atoms with van der Waals surface area (Å²) in [7, 11) is -3.79. The van der Waals surface area contributed by atoms with E-state index >= 15 is 0 Å². The number of hydrogen-bond acceptors (Lipinski definition) is 6. The number of ether oxygens (including phenoxy) is 1. The first-order valence-corrected chi connectivity index (χ1v) is 10.8. The molecule has 2 aromatic carbocycles. The molecule has 0 radical (unpaired) electrons. The molecule has 29 heavy (non-hydrogen) atoms. The molecule has 1 aliphatic heterocycles. The number of nitrogens with zero attached hydrogens (tertiary/aromatic N) is 2. The van der Waals surface area contributed by atoms with E-state index in [0.717, 1.165) is 5.39 Å². The van der Waals surface area contributed by atoms with Crippen molar-refractivity contribution >= 4 is 44.2 Å². The molecule has 10 heteroatoms. The summed E-state index contributed by atoms with van der Waals surface area (Å²) in [5, 5.41) is 7.49. The standard InChI is InChI=1S/C19H18ClN3O5S/c20-15-6-5-13(11-18(15)29(25,26)23-7-9-27-10-8-23)21-19(24)12-16-14-3-1-2-4-17(14)28-22-16/h1-6,11H,7-10,12H2,(H,21,24). The van der Waals surface area contributed by atoms with Crippen molar-refractivity contribution < 1.29 is 22.5 Å². The molecule has 8 nitrogen and oxygen atoms in total. The second-order valence-electron chi connectivity index (χ2n) is 6.51. The molecule has 0 atom stereocenters. The van der Waals surface area contributed by atoms with Crippen LogP contribution >= 0.6 is 11.6 Å².